The highest BCUT2D eigenvalue weighted by molar-refractivity contribution is 5.33. The molecule has 1 aliphatic rings. The van der Waals surface area contributed by atoms with Gasteiger partial charge in [0.05, 0.1) is 18.2 Å². The summed E-state index contributed by atoms with van der Waals surface area (Å²) in [5.41, 5.74) is 7.47. The maximum absolute atomic E-state index is 9.72. The van der Waals surface area contributed by atoms with E-state index in [0.29, 0.717) is 6.42 Å². The summed E-state index contributed by atoms with van der Waals surface area (Å²) in [6, 6.07) is 6.97. The van der Waals surface area contributed by atoms with Gasteiger partial charge in [0.1, 0.15) is 0 Å². The molecular weight excluding hydrogens is 166 g/mol. The second-order valence-corrected chi connectivity index (χ2v) is 3.49. The average Bonchev–Trinajstić information content (AvgIpc) is 2.15. The molecule has 3 heteroatoms. The lowest BCUT2D eigenvalue weighted by molar-refractivity contribution is 0.0434. The molecule has 0 heterocycles. The summed E-state index contributed by atoms with van der Waals surface area (Å²) in [5.74, 6) is 0. The molecule has 2 rings (SSSR count). The molecule has 70 valence electrons. The summed E-state index contributed by atoms with van der Waals surface area (Å²) in [6.07, 6.45) is -0.834. The fourth-order valence-electron chi connectivity index (χ4n) is 1.79. The van der Waals surface area contributed by atoms with Crippen LogP contribution in [0.1, 0.15) is 17.2 Å². The van der Waals surface area contributed by atoms with E-state index in [1.165, 1.54) is 0 Å². The van der Waals surface area contributed by atoms with Crippen LogP contribution < -0.4 is 5.73 Å². The maximum Gasteiger partial charge on any atom is 0.0968 e. The minimum atomic E-state index is -0.736. The summed E-state index contributed by atoms with van der Waals surface area (Å²) in [5, 5.41) is 19.2. The lowest BCUT2D eigenvalue weighted by atomic mass is 9.84. The largest absolute Gasteiger partial charge is 0.391 e. The van der Waals surface area contributed by atoms with Gasteiger partial charge in [-0.3, -0.25) is 0 Å². The van der Waals surface area contributed by atoms with E-state index < -0.39 is 18.2 Å². The van der Waals surface area contributed by atoms with Crippen molar-refractivity contribution in [3.8, 4) is 0 Å². The van der Waals surface area contributed by atoms with E-state index in [1.54, 1.807) is 0 Å². The first kappa shape index (κ1) is 8.69. The lowest BCUT2D eigenvalue weighted by Crippen LogP contribution is -2.44. The number of hydrogen-bond donors (Lipinski definition) is 3. The molecule has 0 aromatic heterocycles. The van der Waals surface area contributed by atoms with Gasteiger partial charge >= 0.3 is 0 Å². The standard InChI is InChI=1S/C10H13NO2/c11-9-8(12)5-6-3-1-2-4-7(6)10(9)13/h1-4,8-10,12-13H,5,11H2. The molecule has 0 aliphatic heterocycles. The molecule has 1 aromatic carbocycles. The normalized spacial score (nSPS) is 32.7. The number of hydrogen-bond acceptors (Lipinski definition) is 3. The zero-order valence-electron chi connectivity index (χ0n) is 7.22. The second-order valence-electron chi connectivity index (χ2n) is 3.49. The van der Waals surface area contributed by atoms with Gasteiger partial charge in [-0.25, -0.2) is 0 Å². The minimum Gasteiger partial charge on any atom is -0.391 e. The first-order chi connectivity index (χ1) is 6.20. The quantitative estimate of drug-likeness (QED) is 0.523. The van der Waals surface area contributed by atoms with E-state index >= 15 is 0 Å². The Morgan fingerprint density at radius 3 is 2.69 bits per heavy atom. The Bertz CT molecular complexity index is 314. The Hall–Kier alpha value is -0.900. The summed E-state index contributed by atoms with van der Waals surface area (Å²) < 4.78 is 0. The van der Waals surface area contributed by atoms with Crippen molar-refractivity contribution < 1.29 is 10.2 Å². The molecule has 0 spiro atoms. The first-order valence-electron chi connectivity index (χ1n) is 4.39. The van der Waals surface area contributed by atoms with E-state index in [1.807, 2.05) is 24.3 Å². The minimum absolute atomic E-state index is 0.536. The molecule has 3 nitrogen and oxygen atoms in total. The Labute approximate surface area is 76.8 Å². The van der Waals surface area contributed by atoms with Crippen molar-refractivity contribution in [3.63, 3.8) is 0 Å². The van der Waals surface area contributed by atoms with Crippen LogP contribution in [0.4, 0.5) is 0 Å². The number of fused-ring (bicyclic) bond motifs is 1. The van der Waals surface area contributed by atoms with Gasteiger partial charge in [-0.2, -0.15) is 0 Å². The van der Waals surface area contributed by atoms with Gasteiger partial charge < -0.3 is 15.9 Å². The molecule has 4 N–H and O–H groups in total. The van der Waals surface area contributed by atoms with Gasteiger partial charge in [0, 0.05) is 6.42 Å². The monoisotopic (exact) mass is 179 g/mol. The molecule has 3 unspecified atom stereocenters. The molecule has 13 heavy (non-hydrogen) atoms. The van der Waals surface area contributed by atoms with Crippen LogP contribution in [0, 0.1) is 0 Å². The van der Waals surface area contributed by atoms with Crippen molar-refractivity contribution in [2.24, 2.45) is 5.73 Å². The molecule has 3 atom stereocenters. The third-order valence-electron chi connectivity index (χ3n) is 2.61. The highest BCUT2D eigenvalue weighted by Crippen LogP contribution is 2.28. The van der Waals surface area contributed by atoms with Gasteiger partial charge in [0.15, 0.2) is 0 Å². The summed E-state index contributed by atoms with van der Waals surface area (Å²) >= 11 is 0. The van der Waals surface area contributed by atoms with E-state index in [4.69, 9.17) is 5.73 Å². The summed E-state index contributed by atoms with van der Waals surface area (Å²) in [7, 11) is 0. The van der Waals surface area contributed by atoms with E-state index in [2.05, 4.69) is 0 Å². The van der Waals surface area contributed by atoms with Gasteiger partial charge in [0.2, 0.25) is 0 Å². The Kier molecular flexibility index (Phi) is 2.07. The SMILES string of the molecule is NC1C(O)Cc2ccccc2C1O. The van der Waals surface area contributed by atoms with Crippen molar-refractivity contribution in [2.45, 2.75) is 24.7 Å². The third kappa shape index (κ3) is 1.35. The van der Waals surface area contributed by atoms with Crippen LogP contribution >= 0.6 is 0 Å². The lowest BCUT2D eigenvalue weighted by Gasteiger charge is -2.31. The smallest absolute Gasteiger partial charge is 0.0968 e. The predicted octanol–water partition coefficient (Wildman–Crippen LogP) is -0.0357. The van der Waals surface area contributed by atoms with Crippen LogP contribution in [0.15, 0.2) is 24.3 Å². The molecule has 0 bridgehead atoms. The van der Waals surface area contributed by atoms with Crippen LogP contribution in [-0.2, 0) is 6.42 Å². The van der Waals surface area contributed by atoms with Gasteiger partial charge in [-0.1, -0.05) is 24.3 Å². The molecule has 0 amide bonds. The zero-order chi connectivity index (χ0) is 9.42. The second kappa shape index (κ2) is 3.10. The fourth-order valence-corrected chi connectivity index (χ4v) is 1.79. The summed E-state index contributed by atoms with van der Waals surface area (Å²) in [4.78, 5) is 0. The van der Waals surface area contributed by atoms with Crippen LogP contribution in [-0.4, -0.2) is 22.4 Å². The number of aliphatic hydroxyl groups is 2. The van der Waals surface area contributed by atoms with Gasteiger partial charge in [-0.05, 0) is 11.1 Å². The van der Waals surface area contributed by atoms with E-state index in [0.717, 1.165) is 11.1 Å². The van der Waals surface area contributed by atoms with Crippen LogP contribution in [0.2, 0.25) is 0 Å². The van der Waals surface area contributed by atoms with Crippen molar-refractivity contribution in [3.05, 3.63) is 35.4 Å². The van der Waals surface area contributed by atoms with Gasteiger partial charge in [-0.15, -0.1) is 0 Å². The summed E-state index contributed by atoms with van der Waals surface area (Å²) in [6.45, 7) is 0. The Morgan fingerprint density at radius 2 is 1.92 bits per heavy atom. The average molecular weight is 179 g/mol. The molecule has 0 saturated heterocycles. The molecule has 1 aromatic rings. The first-order valence-corrected chi connectivity index (χ1v) is 4.39. The molecule has 0 saturated carbocycles. The van der Waals surface area contributed by atoms with E-state index in [9.17, 15) is 10.2 Å². The van der Waals surface area contributed by atoms with Crippen molar-refractivity contribution in [2.75, 3.05) is 0 Å². The molecule has 0 radical (unpaired) electrons. The Morgan fingerprint density at radius 1 is 1.23 bits per heavy atom. The number of rotatable bonds is 0. The highest BCUT2D eigenvalue weighted by atomic mass is 16.3. The topological polar surface area (TPSA) is 66.5 Å². The fraction of sp³-hybridized carbons (Fsp3) is 0.400. The number of benzene rings is 1. The van der Waals surface area contributed by atoms with Crippen molar-refractivity contribution in [1.82, 2.24) is 0 Å². The maximum atomic E-state index is 9.72. The van der Waals surface area contributed by atoms with Crippen molar-refractivity contribution in [1.29, 1.82) is 0 Å². The van der Waals surface area contributed by atoms with Crippen LogP contribution in [0.3, 0.4) is 0 Å². The number of nitrogens with two attached hydrogens (primary N) is 1. The predicted molar refractivity (Wildman–Crippen MR) is 49.1 cm³/mol. The Balaban J connectivity index is 2.43. The van der Waals surface area contributed by atoms with Gasteiger partial charge in [0.25, 0.3) is 0 Å². The zero-order valence-corrected chi connectivity index (χ0v) is 7.22. The molecule has 0 fully saturated rings. The molecular formula is C10H13NO2. The van der Waals surface area contributed by atoms with Crippen LogP contribution in [0.25, 0.3) is 0 Å². The molecule has 1 aliphatic carbocycles. The third-order valence-corrected chi connectivity index (χ3v) is 2.61. The van der Waals surface area contributed by atoms with Crippen molar-refractivity contribution >= 4 is 0 Å². The van der Waals surface area contributed by atoms with Crippen LogP contribution in [0.5, 0.6) is 0 Å². The van der Waals surface area contributed by atoms with E-state index in [-0.39, 0.29) is 0 Å². The highest BCUT2D eigenvalue weighted by Gasteiger charge is 2.31. The number of aliphatic hydroxyl groups excluding tert-OH is 2.